The molecule has 0 fully saturated rings. The number of amides is 1. The zero-order valence-electron chi connectivity index (χ0n) is 12.0. The largest absolute Gasteiger partial charge is 0.370 e. The maximum atomic E-state index is 12.5. The van der Waals surface area contributed by atoms with Gasteiger partial charge in [-0.15, -0.1) is 0 Å². The van der Waals surface area contributed by atoms with Gasteiger partial charge >= 0.3 is 0 Å². The van der Waals surface area contributed by atoms with Gasteiger partial charge in [0, 0.05) is 37.2 Å². The number of nitrogens with zero attached hydrogens (tertiary/aromatic N) is 3. The topological polar surface area (TPSA) is 58.1 Å². The zero-order valence-corrected chi connectivity index (χ0v) is 12.8. The van der Waals surface area contributed by atoms with E-state index in [9.17, 15) is 4.79 Å². The average Bonchev–Trinajstić information content (AvgIpc) is 2.51. The van der Waals surface area contributed by atoms with E-state index in [-0.39, 0.29) is 5.91 Å². The van der Waals surface area contributed by atoms with Crippen molar-refractivity contribution in [3.63, 3.8) is 0 Å². The third kappa shape index (κ3) is 3.92. The molecule has 0 bridgehead atoms. The first-order chi connectivity index (χ1) is 10.1. The Kier molecular flexibility index (Phi) is 5.11. The Morgan fingerprint density at radius 3 is 2.71 bits per heavy atom. The van der Waals surface area contributed by atoms with E-state index in [1.54, 1.807) is 48.6 Å². The molecule has 0 aliphatic carbocycles. The van der Waals surface area contributed by atoms with Crippen molar-refractivity contribution in [3.05, 3.63) is 47.4 Å². The molecule has 2 aromatic heterocycles. The molecular weight excluding hydrogens is 288 g/mol. The molecule has 2 rings (SSSR count). The van der Waals surface area contributed by atoms with Crippen LogP contribution in [0, 0.1) is 0 Å². The Morgan fingerprint density at radius 2 is 2.05 bits per heavy atom. The van der Waals surface area contributed by atoms with Gasteiger partial charge in [0.05, 0.1) is 0 Å². The van der Waals surface area contributed by atoms with Gasteiger partial charge in [0.25, 0.3) is 5.91 Å². The lowest BCUT2D eigenvalue weighted by Gasteiger charge is -2.17. The van der Waals surface area contributed by atoms with Crippen molar-refractivity contribution >= 4 is 29.0 Å². The van der Waals surface area contributed by atoms with Gasteiger partial charge in [0.1, 0.15) is 11.0 Å². The fourth-order valence-corrected chi connectivity index (χ4v) is 2.05. The first-order valence-electron chi connectivity index (χ1n) is 6.71. The molecular formula is C15H17ClN4O. The van der Waals surface area contributed by atoms with E-state index in [0.29, 0.717) is 16.5 Å². The van der Waals surface area contributed by atoms with E-state index in [4.69, 9.17) is 11.6 Å². The van der Waals surface area contributed by atoms with E-state index in [2.05, 4.69) is 22.2 Å². The summed E-state index contributed by atoms with van der Waals surface area (Å²) >= 11 is 5.99. The molecule has 1 N–H and O–H groups in total. The number of carbonyl (C=O) groups is 1. The molecule has 110 valence electrons. The predicted octanol–water partition coefficient (Wildman–Crippen LogP) is 3.23. The number of hydrogen-bond donors (Lipinski definition) is 1. The molecule has 0 aromatic carbocycles. The molecule has 0 aliphatic rings. The van der Waals surface area contributed by atoms with Crippen LogP contribution in [0.3, 0.4) is 0 Å². The number of hydrogen-bond acceptors (Lipinski definition) is 4. The number of pyridine rings is 2. The predicted molar refractivity (Wildman–Crippen MR) is 85.0 cm³/mol. The lowest BCUT2D eigenvalue weighted by Crippen LogP contribution is -2.26. The summed E-state index contributed by atoms with van der Waals surface area (Å²) in [6.45, 7) is 2.84. The van der Waals surface area contributed by atoms with Crippen LogP contribution in [0.25, 0.3) is 0 Å². The van der Waals surface area contributed by atoms with Crippen molar-refractivity contribution in [2.45, 2.75) is 13.3 Å². The standard InChI is InChI=1S/C15H17ClN4O/c1-3-6-18-14-10-11(9-13(16)19-14)15(21)20(2)12-4-7-17-8-5-12/h4-5,7-10H,3,6H2,1-2H3,(H,18,19). The zero-order chi connectivity index (χ0) is 15.2. The van der Waals surface area contributed by atoms with Gasteiger partial charge < -0.3 is 10.2 Å². The fourth-order valence-electron chi connectivity index (χ4n) is 1.84. The normalized spacial score (nSPS) is 10.2. The monoisotopic (exact) mass is 304 g/mol. The molecule has 2 aromatic rings. The summed E-state index contributed by atoms with van der Waals surface area (Å²) in [4.78, 5) is 22.2. The smallest absolute Gasteiger partial charge is 0.258 e. The van der Waals surface area contributed by atoms with Crippen LogP contribution in [0.5, 0.6) is 0 Å². The SMILES string of the molecule is CCCNc1cc(C(=O)N(C)c2ccncc2)cc(Cl)n1. The van der Waals surface area contributed by atoms with Crippen molar-refractivity contribution in [3.8, 4) is 0 Å². The highest BCUT2D eigenvalue weighted by atomic mass is 35.5. The quantitative estimate of drug-likeness (QED) is 0.862. The highest BCUT2D eigenvalue weighted by molar-refractivity contribution is 6.30. The molecule has 0 radical (unpaired) electrons. The number of halogens is 1. The first kappa shape index (κ1) is 15.3. The lowest BCUT2D eigenvalue weighted by atomic mass is 10.2. The fraction of sp³-hybridized carbons (Fsp3) is 0.267. The van der Waals surface area contributed by atoms with E-state index in [1.807, 2.05) is 0 Å². The van der Waals surface area contributed by atoms with Gasteiger partial charge in [-0.05, 0) is 30.7 Å². The van der Waals surface area contributed by atoms with Crippen molar-refractivity contribution in [2.75, 3.05) is 23.8 Å². The molecule has 2 heterocycles. The summed E-state index contributed by atoms with van der Waals surface area (Å²) in [6, 6.07) is 6.83. The highest BCUT2D eigenvalue weighted by Crippen LogP contribution is 2.19. The van der Waals surface area contributed by atoms with Gasteiger partial charge in [-0.1, -0.05) is 18.5 Å². The van der Waals surface area contributed by atoms with Crippen LogP contribution in [0.4, 0.5) is 11.5 Å². The van der Waals surface area contributed by atoms with Crippen LogP contribution < -0.4 is 10.2 Å². The van der Waals surface area contributed by atoms with Crippen LogP contribution in [-0.4, -0.2) is 29.5 Å². The van der Waals surface area contributed by atoms with Gasteiger partial charge in [-0.2, -0.15) is 0 Å². The summed E-state index contributed by atoms with van der Waals surface area (Å²) in [5.74, 6) is 0.459. The minimum absolute atomic E-state index is 0.148. The second-order valence-electron chi connectivity index (χ2n) is 4.56. The second kappa shape index (κ2) is 7.04. The molecule has 0 aliphatic heterocycles. The van der Waals surface area contributed by atoms with Crippen molar-refractivity contribution in [1.29, 1.82) is 0 Å². The summed E-state index contributed by atoms with van der Waals surface area (Å²) in [5, 5.41) is 3.43. The number of aromatic nitrogens is 2. The van der Waals surface area contributed by atoms with E-state index < -0.39 is 0 Å². The summed E-state index contributed by atoms with van der Waals surface area (Å²) in [6.07, 6.45) is 4.26. The molecule has 0 saturated heterocycles. The van der Waals surface area contributed by atoms with E-state index in [0.717, 1.165) is 18.7 Å². The number of carbonyl (C=O) groups excluding carboxylic acids is 1. The molecule has 0 saturated carbocycles. The van der Waals surface area contributed by atoms with Crippen LogP contribution in [0.1, 0.15) is 23.7 Å². The number of rotatable bonds is 5. The lowest BCUT2D eigenvalue weighted by molar-refractivity contribution is 0.0993. The van der Waals surface area contributed by atoms with E-state index >= 15 is 0 Å². The summed E-state index contributed by atoms with van der Waals surface area (Å²) in [5.41, 5.74) is 1.26. The Balaban J connectivity index is 2.24. The molecule has 0 unspecified atom stereocenters. The molecule has 0 spiro atoms. The van der Waals surface area contributed by atoms with Crippen LogP contribution in [0.2, 0.25) is 5.15 Å². The van der Waals surface area contributed by atoms with Crippen molar-refractivity contribution < 1.29 is 4.79 Å². The molecule has 0 atom stereocenters. The Morgan fingerprint density at radius 1 is 1.33 bits per heavy atom. The van der Waals surface area contributed by atoms with Gasteiger partial charge in [-0.25, -0.2) is 4.98 Å². The van der Waals surface area contributed by atoms with Crippen molar-refractivity contribution in [2.24, 2.45) is 0 Å². The molecule has 21 heavy (non-hydrogen) atoms. The second-order valence-corrected chi connectivity index (χ2v) is 4.95. The van der Waals surface area contributed by atoms with Crippen molar-refractivity contribution in [1.82, 2.24) is 9.97 Å². The highest BCUT2D eigenvalue weighted by Gasteiger charge is 2.15. The van der Waals surface area contributed by atoms with Crippen LogP contribution in [0.15, 0.2) is 36.7 Å². The number of nitrogens with one attached hydrogen (secondary N) is 1. The third-order valence-electron chi connectivity index (χ3n) is 2.95. The maximum absolute atomic E-state index is 12.5. The number of anilines is 2. The minimum atomic E-state index is -0.148. The minimum Gasteiger partial charge on any atom is -0.370 e. The van der Waals surface area contributed by atoms with Gasteiger partial charge in [0.15, 0.2) is 0 Å². The first-order valence-corrected chi connectivity index (χ1v) is 7.09. The van der Waals surface area contributed by atoms with Crippen LogP contribution in [-0.2, 0) is 0 Å². The Labute approximate surface area is 129 Å². The average molecular weight is 305 g/mol. The van der Waals surface area contributed by atoms with Gasteiger partial charge in [0.2, 0.25) is 0 Å². The maximum Gasteiger partial charge on any atom is 0.258 e. The van der Waals surface area contributed by atoms with E-state index in [1.165, 1.54) is 0 Å². The Hall–Kier alpha value is -2.14. The molecule has 1 amide bonds. The third-order valence-corrected chi connectivity index (χ3v) is 3.15. The Bertz CT molecular complexity index is 618. The summed E-state index contributed by atoms with van der Waals surface area (Å²) < 4.78 is 0. The summed E-state index contributed by atoms with van der Waals surface area (Å²) in [7, 11) is 1.71. The van der Waals surface area contributed by atoms with Gasteiger partial charge in [-0.3, -0.25) is 9.78 Å². The van der Waals surface area contributed by atoms with Crippen LogP contribution >= 0.6 is 11.6 Å². The molecule has 5 nitrogen and oxygen atoms in total. The molecule has 6 heteroatoms.